The summed E-state index contributed by atoms with van der Waals surface area (Å²) in [4.78, 5) is 14.7. The van der Waals surface area contributed by atoms with Crippen molar-refractivity contribution in [2.24, 2.45) is 0 Å². The normalized spacial score (nSPS) is 19.5. The summed E-state index contributed by atoms with van der Waals surface area (Å²) in [5, 5.41) is 3.07. The average molecular weight is 508 g/mol. The Morgan fingerprint density at radius 3 is 1.97 bits per heavy atom. The molecule has 192 valence electrons. The molecule has 1 aliphatic rings. The van der Waals surface area contributed by atoms with Gasteiger partial charge in [-0.1, -0.05) is 6.07 Å². The number of hydrogen-bond acceptors (Lipinski definition) is 2. The number of carbonyl (C=O) groups excluding carboxylic acids is 1. The molecule has 1 fully saturated rings. The van der Waals surface area contributed by atoms with Crippen LogP contribution in [-0.2, 0) is 22.6 Å². The molecule has 2 aromatic carbocycles. The standard InChI is InChI=1S/C24H24F8N2O/c1-22(2,13-8-14(23(27,28)29)10-15(9-13)24(30,31)32)21(35)34(3)20-6-7-33-12-18(20)17-5-4-16(25)11-19(17)26/h4-5,8-11,18,20,33H,6-7,12H2,1-3H3/t18-,20+/m0/s1. The van der Waals surface area contributed by atoms with Crippen LogP contribution in [0.4, 0.5) is 35.1 Å². The van der Waals surface area contributed by atoms with Crippen LogP contribution >= 0.6 is 0 Å². The van der Waals surface area contributed by atoms with E-state index in [-0.39, 0.29) is 18.2 Å². The molecule has 0 spiro atoms. The van der Waals surface area contributed by atoms with Gasteiger partial charge in [-0.05, 0) is 62.2 Å². The Balaban J connectivity index is 2.00. The fourth-order valence-corrected chi connectivity index (χ4v) is 4.46. The van der Waals surface area contributed by atoms with Gasteiger partial charge in [0.05, 0.1) is 16.5 Å². The Bertz CT molecular complexity index is 1060. The van der Waals surface area contributed by atoms with Gasteiger partial charge >= 0.3 is 12.4 Å². The van der Waals surface area contributed by atoms with Gasteiger partial charge in [-0.2, -0.15) is 26.3 Å². The van der Waals surface area contributed by atoms with Crippen LogP contribution in [0.3, 0.4) is 0 Å². The second-order valence-electron chi connectivity index (χ2n) is 9.17. The van der Waals surface area contributed by atoms with Gasteiger partial charge in [0, 0.05) is 31.6 Å². The number of nitrogens with zero attached hydrogens (tertiary/aromatic N) is 1. The van der Waals surface area contributed by atoms with Gasteiger partial charge in [0.15, 0.2) is 0 Å². The van der Waals surface area contributed by atoms with Gasteiger partial charge in [-0.3, -0.25) is 4.79 Å². The zero-order valence-corrected chi connectivity index (χ0v) is 19.1. The minimum Gasteiger partial charge on any atom is -0.341 e. The van der Waals surface area contributed by atoms with Crippen LogP contribution in [0.25, 0.3) is 0 Å². The summed E-state index contributed by atoms with van der Waals surface area (Å²) < 4.78 is 108. The lowest BCUT2D eigenvalue weighted by Crippen LogP contribution is -2.53. The molecule has 0 saturated carbocycles. The number of likely N-dealkylation sites (N-methyl/N-ethyl adjacent to an activating group) is 1. The van der Waals surface area contributed by atoms with Gasteiger partial charge in [-0.25, -0.2) is 8.78 Å². The summed E-state index contributed by atoms with van der Waals surface area (Å²) in [7, 11) is 1.38. The maximum Gasteiger partial charge on any atom is 0.416 e. The first kappa shape index (κ1) is 26.9. The van der Waals surface area contributed by atoms with Crippen LogP contribution in [0.5, 0.6) is 0 Å². The van der Waals surface area contributed by atoms with E-state index in [2.05, 4.69) is 5.32 Å². The molecule has 1 heterocycles. The lowest BCUT2D eigenvalue weighted by atomic mass is 9.79. The van der Waals surface area contributed by atoms with E-state index >= 15 is 0 Å². The summed E-state index contributed by atoms with van der Waals surface area (Å²) in [5.74, 6) is -2.93. The third-order valence-electron chi connectivity index (χ3n) is 6.47. The Morgan fingerprint density at radius 2 is 1.46 bits per heavy atom. The molecule has 1 amide bonds. The van der Waals surface area contributed by atoms with E-state index in [9.17, 15) is 39.9 Å². The third-order valence-corrected chi connectivity index (χ3v) is 6.47. The largest absolute Gasteiger partial charge is 0.416 e. The number of rotatable bonds is 4. The number of nitrogens with one attached hydrogen (secondary N) is 1. The monoisotopic (exact) mass is 508 g/mol. The Hall–Kier alpha value is -2.69. The van der Waals surface area contributed by atoms with Crippen molar-refractivity contribution in [2.45, 2.75) is 50.0 Å². The van der Waals surface area contributed by atoms with Crippen molar-refractivity contribution in [1.29, 1.82) is 0 Å². The first-order valence-corrected chi connectivity index (χ1v) is 10.8. The maximum atomic E-state index is 14.5. The Morgan fingerprint density at radius 1 is 0.914 bits per heavy atom. The third kappa shape index (κ3) is 5.60. The minimum atomic E-state index is -5.05. The summed E-state index contributed by atoms with van der Waals surface area (Å²) in [6.45, 7) is 3.18. The molecule has 11 heteroatoms. The molecule has 0 radical (unpaired) electrons. The van der Waals surface area contributed by atoms with Gasteiger partial charge in [0.1, 0.15) is 11.6 Å². The first-order valence-electron chi connectivity index (χ1n) is 10.8. The van der Waals surface area contributed by atoms with Crippen molar-refractivity contribution in [2.75, 3.05) is 20.1 Å². The van der Waals surface area contributed by atoms with Crippen molar-refractivity contribution in [1.82, 2.24) is 10.2 Å². The molecule has 1 aliphatic heterocycles. The molecule has 3 rings (SSSR count). The van der Waals surface area contributed by atoms with Gasteiger partial charge in [-0.15, -0.1) is 0 Å². The zero-order valence-electron chi connectivity index (χ0n) is 19.1. The van der Waals surface area contributed by atoms with E-state index in [1.807, 2.05) is 0 Å². The van der Waals surface area contributed by atoms with Gasteiger partial charge in [0.25, 0.3) is 0 Å². The van der Waals surface area contributed by atoms with Crippen molar-refractivity contribution < 1.29 is 39.9 Å². The topological polar surface area (TPSA) is 32.3 Å². The number of amides is 1. The lowest BCUT2D eigenvalue weighted by molar-refractivity contribution is -0.144. The van der Waals surface area contributed by atoms with E-state index in [1.165, 1.54) is 31.9 Å². The molecule has 0 bridgehead atoms. The summed E-state index contributed by atoms with van der Waals surface area (Å²) in [6.07, 6.45) is -9.77. The molecule has 35 heavy (non-hydrogen) atoms. The van der Waals surface area contributed by atoms with E-state index in [4.69, 9.17) is 0 Å². The molecule has 0 aromatic heterocycles. The highest BCUT2D eigenvalue weighted by Crippen LogP contribution is 2.40. The average Bonchev–Trinajstić information content (AvgIpc) is 2.76. The molecule has 0 unspecified atom stereocenters. The highest BCUT2D eigenvalue weighted by molar-refractivity contribution is 5.87. The molecule has 1 saturated heterocycles. The molecule has 3 nitrogen and oxygen atoms in total. The Kier molecular flexibility index (Phi) is 7.23. The molecular weight excluding hydrogens is 484 g/mol. The first-order chi connectivity index (χ1) is 16.0. The van der Waals surface area contributed by atoms with Crippen LogP contribution in [0, 0.1) is 11.6 Å². The minimum absolute atomic E-state index is 0.00785. The molecule has 0 aliphatic carbocycles. The van der Waals surface area contributed by atoms with Crippen LogP contribution < -0.4 is 5.32 Å². The van der Waals surface area contributed by atoms with Crippen molar-refractivity contribution in [3.63, 3.8) is 0 Å². The molecule has 2 aromatic rings. The molecule has 2 atom stereocenters. The highest BCUT2D eigenvalue weighted by atomic mass is 19.4. The summed E-state index contributed by atoms with van der Waals surface area (Å²) in [6, 6.07) is 3.53. The molecular formula is C24H24F8N2O. The lowest BCUT2D eigenvalue weighted by Gasteiger charge is -2.42. The number of piperidine rings is 1. The quantitative estimate of drug-likeness (QED) is 0.523. The zero-order chi connectivity index (χ0) is 26.3. The summed E-state index contributed by atoms with van der Waals surface area (Å²) in [5.41, 5.74) is -5.10. The van der Waals surface area contributed by atoms with Crippen LogP contribution in [0.1, 0.15) is 48.4 Å². The smallest absolute Gasteiger partial charge is 0.341 e. The van der Waals surface area contributed by atoms with Crippen molar-refractivity contribution >= 4 is 5.91 Å². The second kappa shape index (κ2) is 9.40. The second-order valence-corrected chi connectivity index (χ2v) is 9.17. The van der Waals surface area contributed by atoms with E-state index in [0.29, 0.717) is 31.2 Å². The number of carbonyl (C=O) groups is 1. The predicted molar refractivity (Wildman–Crippen MR) is 113 cm³/mol. The van der Waals surface area contributed by atoms with E-state index in [0.717, 1.165) is 6.07 Å². The maximum absolute atomic E-state index is 14.5. The number of hydrogen-bond donors (Lipinski definition) is 1. The SMILES string of the molecule is CN(C(=O)C(C)(C)c1cc(C(F)(F)F)cc(C(F)(F)F)c1)[C@@H]1CCNC[C@H]1c1ccc(F)cc1F. The van der Waals surface area contributed by atoms with Crippen LogP contribution in [0.15, 0.2) is 36.4 Å². The fourth-order valence-electron chi connectivity index (χ4n) is 4.46. The van der Waals surface area contributed by atoms with Crippen LogP contribution in [-0.4, -0.2) is 37.0 Å². The fraction of sp³-hybridized carbons (Fsp3) is 0.458. The molecule has 1 N–H and O–H groups in total. The van der Waals surface area contributed by atoms with Gasteiger partial charge in [0.2, 0.25) is 5.91 Å². The van der Waals surface area contributed by atoms with E-state index < -0.39 is 64.0 Å². The van der Waals surface area contributed by atoms with Crippen molar-refractivity contribution in [3.05, 3.63) is 70.3 Å². The number of benzene rings is 2. The van der Waals surface area contributed by atoms with E-state index in [1.54, 1.807) is 0 Å². The Labute approximate surface area is 197 Å². The van der Waals surface area contributed by atoms with Crippen LogP contribution in [0.2, 0.25) is 0 Å². The highest BCUT2D eigenvalue weighted by Gasteiger charge is 2.43. The number of alkyl halides is 6. The van der Waals surface area contributed by atoms with Crippen molar-refractivity contribution in [3.8, 4) is 0 Å². The van der Waals surface area contributed by atoms with Gasteiger partial charge < -0.3 is 10.2 Å². The number of halogens is 8. The summed E-state index contributed by atoms with van der Waals surface area (Å²) >= 11 is 0. The predicted octanol–water partition coefficient (Wildman–Crippen LogP) is 5.88.